The summed E-state index contributed by atoms with van der Waals surface area (Å²) < 4.78 is 0. The molecule has 1 aliphatic carbocycles. The number of rotatable bonds is 5. The molecule has 2 atom stereocenters. The summed E-state index contributed by atoms with van der Waals surface area (Å²) in [6.07, 6.45) is 3.80. The summed E-state index contributed by atoms with van der Waals surface area (Å²) in [7, 11) is 0. The van der Waals surface area contributed by atoms with E-state index in [9.17, 15) is 9.90 Å². The Morgan fingerprint density at radius 2 is 2.47 bits per heavy atom. The van der Waals surface area contributed by atoms with Gasteiger partial charge < -0.3 is 10.4 Å². The first kappa shape index (κ1) is 14.6. The summed E-state index contributed by atoms with van der Waals surface area (Å²) >= 11 is 7.43. The van der Waals surface area contributed by atoms with Crippen LogP contribution in [0.25, 0.3) is 0 Å². The fraction of sp³-hybridized carbons (Fsp3) is 0.538. The number of carboxylic acids is 1. The second-order valence-corrected chi connectivity index (χ2v) is 6.47. The zero-order valence-electron chi connectivity index (χ0n) is 10.7. The van der Waals surface area contributed by atoms with Crippen LogP contribution in [-0.2, 0) is 4.79 Å². The van der Waals surface area contributed by atoms with Crippen LogP contribution in [0, 0.1) is 0 Å². The van der Waals surface area contributed by atoms with Crippen LogP contribution in [-0.4, -0.2) is 33.4 Å². The molecule has 1 aliphatic rings. The molecule has 1 aromatic rings. The monoisotopic (exact) mass is 300 g/mol. The van der Waals surface area contributed by atoms with E-state index >= 15 is 0 Å². The Bertz CT molecular complexity index is 454. The molecule has 6 heteroatoms. The van der Waals surface area contributed by atoms with Crippen molar-refractivity contribution >= 4 is 29.3 Å². The highest BCUT2D eigenvalue weighted by atomic mass is 35.5. The van der Waals surface area contributed by atoms with Crippen molar-refractivity contribution in [2.24, 2.45) is 0 Å². The van der Waals surface area contributed by atoms with Crippen LogP contribution < -0.4 is 5.32 Å². The zero-order chi connectivity index (χ0) is 13.9. The molecule has 1 fully saturated rings. The molecule has 0 spiro atoms. The highest BCUT2D eigenvalue weighted by Crippen LogP contribution is 2.39. The van der Waals surface area contributed by atoms with E-state index in [1.807, 2.05) is 13.0 Å². The van der Waals surface area contributed by atoms with Gasteiger partial charge in [-0.25, -0.2) is 4.98 Å². The predicted molar refractivity (Wildman–Crippen MR) is 76.8 cm³/mol. The first-order valence-corrected chi connectivity index (χ1v) is 7.58. The summed E-state index contributed by atoms with van der Waals surface area (Å²) in [6, 6.07) is 3.68. The van der Waals surface area contributed by atoms with Gasteiger partial charge in [0, 0.05) is 11.4 Å². The SMILES string of the molecule is CCNC1(C(=O)O)CCC(Sc2ccc(Cl)cn2)C1. The maximum Gasteiger partial charge on any atom is 0.323 e. The lowest BCUT2D eigenvalue weighted by Crippen LogP contribution is -2.50. The number of nitrogens with one attached hydrogen (secondary N) is 1. The van der Waals surface area contributed by atoms with Crippen molar-refractivity contribution in [3.8, 4) is 0 Å². The number of hydrogen-bond donors (Lipinski definition) is 2. The van der Waals surface area contributed by atoms with Gasteiger partial charge in [0.05, 0.1) is 10.0 Å². The molecule has 1 heterocycles. The van der Waals surface area contributed by atoms with Crippen molar-refractivity contribution in [1.82, 2.24) is 10.3 Å². The van der Waals surface area contributed by atoms with Crippen LogP contribution in [0.4, 0.5) is 0 Å². The minimum atomic E-state index is -0.765. The molecule has 4 nitrogen and oxygen atoms in total. The van der Waals surface area contributed by atoms with E-state index in [1.54, 1.807) is 24.0 Å². The number of aliphatic carboxylic acids is 1. The average molecular weight is 301 g/mol. The smallest absolute Gasteiger partial charge is 0.323 e. The number of carbonyl (C=O) groups is 1. The van der Waals surface area contributed by atoms with Gasteiger partial charge >= 0.3 is 5.97 Å². The summed E-state index contributed by atoms with van der Waals surface area (Å²) in [4.78, 5) is 15.7. The van der Waals surface area contributed by atoms with Crippen molar-refractivity contribution in [2.75, 3.05) is 6.54 Å². The Morgan fingerprint density at radius 3 is 3.05 bits per heavy atom. The number of hydrogen-bond acceptors (Lipinski definition) is 4. The number of aromatic nitrogens is 1. The number of pyridine rings is 1. The van der Waals surface area contributed by atoms with Crippen LogP contribution >= 0.6 is 23.4 Å². The molecular formula is C13H17ClN2O2S. The van der Waals surface area contributed by atoms with Gasteiger partial charge in [-0.3, -0.25) is 4.79 Å². The van der Waals surface area contributed by atoms with Gasteiger partial charge in [-0.05, 0) is 37.9 Å². The van der Waals surface area contributed by atoms with Gasteiger partial charge in [-0.15, -0.1) is 11.8 Å². The maximum atomic E-state index is 11.5. The number of thioether (sulfide) groups is 1. The molecule has 2 unspecified atom stereocenters. The molecule has 0 saturated heterocycles. The zero-order valence-corrected chi connectivity index (χ0v) is 12.3. The summed E-state index contributed by atoms with van der Waals surface area (Å²) in [6.45, 7) is 2.61. The fourth-order valence-corrected chi connectivity index (χ4v) is 3.79. The molecule has 0 aliphatic heterocycles. The van der Waals surface area contributed by atoms with Crippen LogP contribution in [0.5, 0.6) is 0 Å². The van der Waals surface area contributed by atoms with E-state index in [4.69, 9.17) is 11.6 Å². The van der Waals surface area contributed by atoms with Gasteiger partial charge in [0.1, 0.15) is 5.54 Å². The van der Waals surface area contributed by atoms with Crippen molar-refractivity contribution in [3.05, 3.63) is 23.4 Å². The Morgan fingerprint density at radius 1 is 1.68 bits per heavy atom. The lowest BCUT2D eigenvalue weighted by molar-refractivity contribution is -0.144. The first-order valence-electron chi connectivity index (χ1n) is 6.32. The molecule has 0 bridgehead atoms. The minimum absolute atomic E-state index is 0.281. The van der Waals surface area contributed by atoms with Crippen LogP contribution in [0.2, 0.25) is 5.02 Å². The van der Waals surface area contributed by atoms with Gasteiger partial charge in [0.25, 0.3) is 0 Å². The molecule has 0 radical (unpaired) electrons. The van der Waals surface area contributed by atoms with E-state index < -0.39 is 11.5 Å². The third-order valence-electron chi connectivity index (χ3n) is 3.38. The quantitative estimate of drug-likeness (QED) is 0.875. The number of halogens is 1. The largest absolute Gasteiger partial charge is 0.480 e. The molecule has 0 amide bonds. The molecule has 2 N–H and O–H groups in total. The Labute approximate surface area is 121 Å². The Balaban J connectivity index is 2.01. The second-order valence-electron chi connectivity index (χ2n) is 4.71. The van der Waals surface area contributed by atoms with E-state index in [0.29, 0.717) is 24.4 Å². The molecule has 1 aromatic heterocycles. The summed E-state index contributed by atoms with van der Waals surface area (Å²) in [5.41, 5.74) is -0.765. The molecule has 0 aromatic carbocycles. The fourth-order valence-electron chi connectivity index (χ4n) is 2.47. The Kier molecular flexibility index (Phi) is 4.71. The second kappa shape index (κ2) is 6.11. The van der Waals surface area contributed by atoms with E-state index in [-0.39, 0.29) is 5.25 Å². The van der Waals surface area contributed by atoms with Crippen molar-refractivity contribution < 1.29 is 9.90 Å². The van der Waals surface area contributed by atoms with Gasteiger partial charge in [0.15, 0.2) is 0 Å². The molecule has 19 heavy (non-hydrogen) atoms. The third kappa shape index (κ3) is 3.41. The summed E-state index contributed by atoms with van der Waals surface area (Å²) in [5, 5.41) is 14.3. The van der Waals surface area contributed by atoms with E-state index in [0.717, 1.165) is 11.4 Å². The lowest BCUT2D eigenvalue weighted by atomic mass is 9.98. The maximum absolute atomic E-state index is 11.5. The molecule has 104 valence electrons. The molecule has 2 rings (SSSR count). The van der Waals surface area contributed by atoms with Gasteiger partial charge in [0.2, 0.25) is 0 Å². The topological polar surface area (TPSA) is 62.2 Å². The predicted octanol–water partition coefficient (Wildman–Crippen LogP) is 2.81. The first-order chi connectivity index (χ1) is 9.05. The third-order valence-corrected chi connectivity index (χ3v) is 4.82. The van der Waals surface area contributed by atoms with Gasteiger partial charge in [-0.1, -0.05) is 18.5 Å². The van der Waals surface area contributed by atoms with Crippen LogP contribution in [0.1, 0.15) is 26.2 Å². The lowest BCUT2D eigenvalue weighted by Gasteiger charge is -2.25. The number of likely N-dealkylation sites (N-methyl/N-ethyl adjacent to an activating group) is 1. The average Bonchev–Trinajstić information content (AvgIpc) is 2.77. The van der Waals surface area contributed by atoms with Crippen LogP contribution in [0.3, 0.4) is 0 Å². The van der Waals surface area contributed by atoms with Gasteiger partial charge in [-0.2, -0.15) is 0 Å². The Hall–Kier alpha value is -0.780. The normalized spacial score (nSPS) is 26.5. The number of carboxylic acid groups (broad SMARTS) is 1. The van der Waals surface area contributed by atoms with E-state index in [1.165, 1.54) is 0 Å². The van der Waals surface area contributed by atoms with Crippen LogP contribution in [0.15, 0.2) is 23.4 Å². The molecular weight excluding hydrogens is 284 g/mol. The standard InChI is InChI=1S/C13H17ClN2O2S/c1-2-16-13(12(17)18)6-5-10(7-13)19-11-4-3-9(14)8-15-11/h3-4,8,10,16H,2,5-7H2,1H3,(H,17,18). The van der Waals surface area contributed by atoms with Crippen molar-refractivity contribution in [3.63, 3.8) is 0 Å². The molecule has 1 saturated carbocycles. The number of nitrogens with zero attached hydrogens (tertiary/aromatic N) is 1. The highest BCUT2D eigenvalue weighted by Gasteiger charge is 2.45. The summed E-state index contributed by atoms with van der Waals surface area (Å²) in [5.74, 6) is -0.749. The van der Waals surface area contributed by atoms with E-state index in [2.05, 4.69) is 10.3 Å². The minimum Gasteiger partial charge on any atom is -0.480 e. The van der Waals surface area contributed by atoms with Crippen molar-refractivity contribution in [1.29, 1.82) is 0 Å². The van der Waals surface area contributed by atoms with Crippen molar-refractivity contribution in [2.45, 2.75) is 42.0 Å². The highest BCUT2D eigenvalue weighted by molar-refractivity contribution is 7.99.